The summed E-state index contributed by atoms with van der Waals surface area (Å²) in [5.41, 5.74) is 3.40. The minimum Gasteiger partial charge on any atom is -0.478 e. The first-order valence-corrected chi connectivity index (χ1v) is 10.8. The zero-order valence-electron chi connectivity index (χ0n) is 16.8. The number of likely N-dealkylation sites (N-methyl/N-ethyl adjacent to an activating group) is 1. The Labute approximate surface area is 171 Å². The topological polar surface area (TPSA) is 103 Å². The molecule has 1 heterocycles. The molecule has 3 N–H and O–H groups in total. The van der Waals surface area contributed by atoms with Crippen LogP contribution in [0.2, 0.25) is 0 Å². The Balaban J connectivity index is 0.000000278. The van der Waals surface area contributed by atoms with E-state index in [0.717, 1.165) is 29.4 Å². The number of aromatic amines is 1. The number of nitrogens with one attached hydrogen (secondary N) is 2. The molecular weight excluding hydrogens is 390 g/mol. The molecule has 0 unspecified atom stereocenters. The third-order valence-electron chi connectivity index (χ3n) is 4.35. The van der Waals surface area contributed by atoms with E-state index in [0.29, 0.717) is 5.56 Å². The molecule has 0 saturated carbocycles. The maximum absolute atomic E-state index is 11.6. The molecule has 0 aliphatic heterocycles. The number of aromatic carboxylic acids is 1. The SMILES string of the molecule is CNS(=O)(=O)Cc1ccc2[nH]cc(CCN(C)C)c2c1.O=C(O)c1ccccc1. The average molecular weight is 418 g/mol. The lowest BCUT2D eigenvalue weighted by atomic mass is 10.1. The van der Waals surface area contributed by atoms with Crippen LogP contribution < -0.4 is 4.72 Å². The molecule has 0 aliphatic carbocycles. The van der Waals surface area contributed by atoms with Gasteiger partial charge in [-0.05, 0) is 63.0 Å². The molecule has 0 radical (unpaired) electrons. The van der Waals surface area contributed by atoms with Crippen LogP contribution in [0.1, 0.15) is 21.5 Å². The predicted molar refractivity (Wildman–Crippen MR) is 116 cm³/mol. The zero-order chi connectivity index (χ0) is 21.4. The first-order valence-electron chi connectivity index (χ1n) is 9.15. The number of hydrogen-bond acceptors (Lipinski definition) is 4. The van der Waals surface area contributed by atoms with Crippen molar-refractivity contribution >= 4 is 26.9 Å². The molecule has 3 aromatic rings. The molecule has 0 bridgehead atoms. The Morgan fingerprint density at radius 1 is 1.14 bits per heavy atom. The van der Waals surface area contributed by atoms with Crippen LogP contribution in [-0.4, -0.2) is 57.1 Å². The summed E-state index contributed by atoms with van der Waals surface area (Å²) in [6.45, 7) is 0.964. The number of rotatable bonds is 7. The number of carbonyl (C=O) groups is 1. The molecule has 8 heteroatoms. The van der Waals surface area contributed by atoms with Crippen LogP contribution in [-0.2, 0) is 22.2 Å². The second kappa shape index (κ2) is 10.2. The van der Waals surface area contributed by atoms with Gasteiger partial charge < -0.3 is 15.0 Å². The summed E-state index contributed by atoms with van der Waals surface area (Å²) in [5.74, 6) is -0.867. The van der Waals surface area contributed by atoms with Crippen molar-refractivity contribution in [2.75, 3.05) is 27.7 Å². The van der Waals surface area contributed by atoms with Crippen molar-refractivity contribution in [2.24, 2.45) is 0 Å². The highest BCUT2D eigenvalue weighted by Crippen LogP contribution is 2.21. The maximum Gasteiger partial charge on any atom is 0.335 e. The lowest BCUT2D eigenvalue weighted by Gasteiger charge is -2.08. The van der Waals surface area contributed by atoms with Gasteiger partial charge in [0, 0.05) is 23.6 Å². The number of hydrogen-bond donors (Lipinski definition) is 3. The molecule has 7 nitrogen and oxygen atoms in total. The number of nitrogens with zero attached hydrogens (tertiary/aromatic N) is 1. The molecule has 1 aromatic heterocycles. The second-order valence-corrected chi connectivity index (χ2v) is 8.81. The van der Waals surface area contributed by atoms with Gasteiger partial charge in [-0.1, -0.05) is 24.3 Å². The fourth-order valence-electron chi connectivity index (χ4n) is 2.74. The van der Waals surface area contributed by atoms with E-state index in [1.54, 1.807) is 30.3 Å². The lowest BCUT2D eigenvalue weighted by molar-refractivity contribution is 0.0697. The average Bonchev–Trinajstić information content (AvgIpc) is 3.09. The summed E-state index contributed by atoms with van der Waals surface area (Å²) >= 11 is 0. The van der Waals surface area contributed by atoms with Gasteiger partial charge in [0.15, 0.2) is 0 Å². The van der Waals surface area contributed by atoms with E-state index < -0.39 is 16.0 Å². The van der Waals surface area contributed by atoms with E-state index in [-0.39, 0.29) is 5.75 Å². The predicted octanol–water partition coefficient (Wildman–Crippen LogP) is 2.71. The van der Waals surface area contributed by atoms with Crippen molar-refractivity contribution in [3.63, 3.8) is 0 Å². The van der Waals surface area contributed by atoms with Crippen molar-refractivity contribution < 1.29 is 18.3 Å². The number of fused-ring (bicyclic) bond motifs is 1. The molecule has 2 aromatic carbocycles. The minimum atomic E-state index is -3.23. The molecule has 0 atom stereocenters. The fourth-order valence-corrected chi connectivity index (χ4v) is 3.50. The minimum absolute atomic E-state index is 0.0116. The Kier molecular flexibility index (Phi) is 7.95. The number of H-pyrrole nitrogens is 1. The molecular formula is C21H27N3O4S. The highest BCUT2D eigenvalue weighted by molar-refractivity contribution is 7.88. The van der Waals surface area contributed by atoms with Crippen molar-refractivity contribution in [2.45, 2.75) is 12.2 Å². The smallest absolute Gasteiger partial charge is 0.335 e. The summed E-state index contributed by atoms with van der Waals surface area (Å²) in [7, 11) is 2.29. The van der Waals surface area contributed by atoms with Crippen LogP contribution in [0.4, 0.5) is 0 Å². The van der Waals surface area contributed by atoms with Gasteiger partial charge >= 0.3 is 5.97 Å². The molecule has 0 aliphatic rings. The van der Waals surface area contributed by atoms with Crippen LogP contribution >= 0.6 is 0 Å². The van der Waals surface area contributed by atoms with E-state index in [1.165, 1.54) is 12.6 Å². The van der Waals surface area contributed by atoms with Crippen LogP contribution in [0, 0.1) is 0 Å². The van der Waals surface area contributed by atoms with Crippen LogP contribution in [0.5, 0.6) is 0 Å². The standard InChI is InChI=1S/C14H21N3O2S.C7H6O2/c1-15-20(18,19)10-11-4-5-14-13(8-11)12(9-16-14)6-7-17(2)3;8-7(9)6-4-2-1-3-5-6/h4-5,8-9,15-16H,6-7,10H2,1-3H3;1-5H,(H,8,9). The first-order chi connectivity index (χ1) is 13.7. The highest BCUT2D eigenvalue weighted by atomic mass is 32.2. The van der Waals surface area contributed by atoms with E-state index in [1.807, 2.05) is 38.5 Å². The van der Waals surface area contributed by atoms with Crippen LogP contribution in [0.25, 0.3) is 10.9 Å². The third kappa shape index (κ3) is 7.01. The second-order valence-electron chi connectivity index (χ2n) is 6.88. The van der Waals surface area contributed by atoms with Gasteiger partial charge in [0.2, 0.25) is 10.0 Å². The van der Waals surface area contributed by atoms with Crippen molar-refractivity contribution in [1.82, 2.24) is 14.6 Å². The third-order valence-corrected chi connectivity index (χ3v) is 5.68. The number of benzene rings is 2. The largest absolute Gasteiger partial charge is 0.478 e. The normalized spacial score (nSPS) is 11.3. The van der Waals surface area contributed by atoms with Crippen molar-refractivity contribution in [3.05, 3.63) is 71.4 Å². The van der Waals surface area contributed by atoms with Gasteiger partial charge in [0.05, 0.1) is 11.3 Å². The molecule has 0 amide bonds. The van der Waals surface area contributed by atoms with Gasteiger partial charge in [0.1, 0.15) is 0 Å². The van der Waals surface area contributed by atoms with Gasteiger partial charge in [-0.2, -0.15) is 0 Å². The molecule has 0 fully saturated rings. The van der Waals surface area contributed by atoms with E-state index >= 15 is 0 Å². The number of aromatic nitrogens is 1. The van der Waals surface area contributed by atoms with Crippen LogP contribution in [0.15, 0.2) is 54.7 Å². The number of carboxylic acids is 1. The molecule has 0 spiro atoms. The molecule has 3 rings (SSSR count). The number of sulfonamides is 1. The summed E-state index contributed by atoms with van der Waals surface area (Å²) in [5, 5.41) is 9.49. The monoisotopic (exact) mass is 417 g/mol. The Morgan fingerprint density at radius 3 is 2.38 bits per heavy atom. The highest BCUT2D eigenvalue weighted by Gasteiger charge is 2.11. The summed E-state index contributed by atoms with van der Waals surface area (Å²) < 4.78 is 25.6. The molecule has 29 heavy (non-hydrogen) atoms. The summed E-state index contributed by atoms with van der Waals surface area (Å²) in [6.07, 6.45) is 2.94. The van der Waals surface area contributed by atoms with Gasteiger partial charge in [-0.25, -0.2) is 17.9 Å². The quantitative estimate of drug-likeness (QED) is 0.549. The van der Waals surface area contributed by atoms with E-state index in [9.17, 15) is 13.2 Å². The Morgan fingerprint density at radius 2 is 1.83 bits per heavy atom. The van der Waals surface area contributed by atoms with Crippen LogP contribution in [0.3, 0.4) is 0 Å². The fraction of sp³-hybridized carbons (Fsp3) is 0.286. The summed E-state index contributed by atoms with van der Waals surface area (Å²) in [4.78, 5) is 15.6. The van der Waals surface area contributed by atoms with E-state index in [2.05, 4.69) is 14.6 Å². The maximum atomic E-state index is 11.6. The molecule has 0 saturated heterocycles. The Bertz CT molecular complexity index is 1040. The van der Waals surface area contributed by atoms with E-state index in [4.69, 9.17) is 5.11 Å². The van der Waals surface area contributed by atoms with Gasteiger partial charge in [-0.15, -0.1) is 0 Å². The van der Waals surface area contributed by atoms with Gasteiger partial charge in [0.25, 0.3) is 0 Å². The number of carboxylic acid groups (broad SMARTS) is 1. The summed E-state index contributed by atoms with van der Waals surface area (Å²) in [6, 6.07) is 14.0. The zero-order valence-corrected chi connectivity index (χ0v) is 17.7. The van der Waals surface area contributed by atoms with Crippen molar-refractivity contribution in [3.8, 4) is 0 Å². The molecule has 156 valence electrons. The first kappa shape index (κ1) is 22.6. The van der Waals surface area contributed by atoms with Crippen molar-refractivity contribution in [1.29, 1.82) is 0 Å². The lowest BCUT2D eigenvalue weighted by Crippen LogP contribution is -2.20. The Hall–Kier alpha value is -2.68. The van der Waals surface area contributed by atoms with Gasteiger partial charge in [-0.3, -0.25) is 0 Å².